The molecule has 0 amide bonds. The molecule has 9 nitrogen and oxygen atoms in total. The van der Waals surface area contributed by atoms with Gasteiger partial charge in [0.05, 0.1) is 19.8 Å². The highest BCUT2D eigenvalue weighted by Crippen LogP contribution is 2.22. The smallest absolute Gasteiger partial charge is 0.306 e. The Morgan fingerprint density at radius 2 is 1.04 bits per heavy atom. The van der Waals surface area contributed by atoms with Crippen LogP contribution >= 0.6 is 0 Å². The summed E-state index contributed by atoms with van der Waals surface area (Å²) in [6.07, 6.45) is 38.8. The minimum absolute atomic E-state index is 0.118. The molecule has 4 N–H and O–H groups in total. The van der Waals surface area contributed by atoms with Crippen LogP contribution in [0.5, 0.6) is 0 Å². The van der Waals surface area contributed by atoms with E-state index in [4.69, 9.17) is 18.9 Å². The van der Waals surface area contributed by atoms with Gasteiger partial charge in [-0.1, -0.05) is 153 Å². The van der Waals surface area contributed by atoms with Crippen molar-refractivity contribution in [2.24, 2.45) is 0 Å². The Labute approximate surface area is 342 Å². The SMILES string of the molecule is CCCCCC/C=C\C/C=C\CCCCCCCCCC(=O)OC(COCCCCCCCC/C=C\CCCCCCC)COC1OC(CO)C(O)C(O)C1O. The standard InChI is InChI=1S/C47H86O9/c1-3-5-7-9-11-13-15-17-19-20-21-22-24-26-28-30-32-34-36-43(49)55-41(40-54-47-46(52)45(51)44(50)42(38-48)56-47)39-53-37-35-33-31-29-27-25-23-18-16-14-12-10-8-6-4-2/h13,15-16,18-20,41-42,44-48,50-52H,3-12,14,17,21-40H2,1-2H3/b15-13-,18-16-,20-19-. The molecule has 6 atom stereocenters. The van der Waals surface area contributed by atoms with Gasteiger partial charge in [0, 0.05) is 13.0 Å². The first-order valence-electron chi connectivity index (χ1n) is 23.1. The maximum absolute atomic E-state index is 12.8. The summed E-state index contributed by atoms with van der Waals surface area (Å²) in [7, 11) is 0. The molecule has 1 rings (SSSR count). The molecule has 1 saturated heterocycles. The highest BCUT2D eigenvalue weighted by atomic mass is 16.7. The quantitative estimate of drug-likeness (QED) is 0.0272. The Hall–Kier alpha value is -1.59. The van der Waals surface area contributed by atoms with Crippen LogP contribution in [0.3, 0.4) is 0 Å². The molecule has 1 heterocycles. The molecule has 1 aliphatic rings. The number of hydrogen-bond donors (Lipinski definition) is 4. The van der Waals surface area contributed by atoms with Gasteiger partial charge in [-0.05, 0) is 70.6 Å². The Kier molecular flexibility index (Phi) is 36.4. The first-order valence-corrected chi connectivity index (χ1v) is 23.1. The summed E-state index contributed by atoms with van der Waals surface area (Å²) in [5, 5.41) is 40.1. The number of aliphatic hydroxyl groups excluding tert-OH is 4. The predicted octanol–water partition coefficient (Wildman–Crippen LogP) is 10.4. The van der Waals surface area contributed by atoms with E-state index in [2.05, 4.69) is 50.3 Å². The summed E-state index contributed by atoms with van der Waals surface area (Å²) in [6, 6.07) is 0. The Bertz CT molecular complexity index is 952. The highest BCUT2D eigenvalue weighted by Gasteiger charge is 2.44. The zero-order valence-corrected chi connectivity index (χ0v) is 35.9. The third-order valence-electron chi connectivity index (χ3n) is 10.5. The zero-order valence-electron chi connectivity index (χ0n) is 35.9. The van der Waals surface area contributed by atoms with Crippen LogP contribution in [0.2, 0.25) is 0 Å². The molecule has 6 unspecified atom stereocenters. The van der Waals surface area contributed by atoms with E-state index in [0.29, 0.717) is 13.0 Å². The van der Waals surface area contributed by atoms with Gasteiger partial charge in [0.15, 0.2) is 6.29 Å². The van der Waals surface area contributed by atoms with Gasteiger partial charge in [-0.3, -0.25) is 4.79 Å². The fourth-order valence-electron chi connectivity index (χ4n) is 6.87. The summed E-state index contributed by atoms with van der Waals surface area (Å²) in [4.78, 5) is 12.8. The molecule has 328 valence electrons. The molecule has 56 heavy (non-hydrogen) atoms. The topological polar surface area (TPSA) is 135 Å². The molecule has 0 aliphatic carbocycles. The maximum Gasteiger partial charge on any atom is 0.306 e. The van der Waals surface area contributed by atoms with Crippen LogP contribution in [-0.4, -0.2) is 89.6 Å². The molecular formula is C47H86O9. The molecule has 0 saturated carbocycles. The van der Waals surface area contributed by atoms with E-state index < -0.39 is 43.4 Å². The monoisotopic (exact) mass is 795 g/mol. The lowest BCUT2D eigenvalue weighted by Crippen LogP contribution is -2.59. The van der Waals surface area contributed by atoms with Crippen LogP contribution < -0.4 is 0 Å². The maximum atomic E-state index is 12.8. The molecule has 0 bridgehead atoms. The highest BCUT2D eigenvalue weighted by molar-refractivity contribution is 5.69. The number of ether oxygens (including phenoxy) is 4. The van der Waals surface area contributed by atoms with Crippen molar-refractivity contribution in [3.8, 4) is 0 Å². The van der Waals surface area contributed by atoms with Crippen molar-refractivity contribution in [2.75, 3.05) is 26.4 Å². The first-order chi connectivity index (χ1) is 27.4. The molecule has 0 aromatic rings. The Morgan fingerprint density at radius 1 is 0.571 bits per heavy atom. The van der Waals surface area contributed by atoms with Gasteiger partial charge in [0.1, 0.15) is 30.5 Å². The van der Waals surface area contributed by atoms with Crippen LogP contribution in [0.25, 0.3) is 0 Å². The van der Waals surface area contributed by atoms with Crippen molar-refractivity contribution in [3.63, 3.8) is 0 Å². The summed E-state index contributed by atoms with van der Waals surface area (Å²) in [5.41, 5.74) is 0. The number of hydrogen-bond acceptors (Lipinski definition) is 9. The lowest BCUT2D eigenvalue weighted by atomic mass is 9.99. The van der Waals surface area contributed by atoms with E-state index in [9.17, 15) is 25.2 Å². The number of unbranched alkanes of at least 4 members (excludes halogenated alkanes) is 22. The summed E-state index contributed by atoms with van der Waals surface area (Å²) in [5.74, 6) is -0.323. The fraction of sp³-hybridized carbons (Fsp3) is 0.851. The van der Waals surface area contributed by atoms with Crippen molar-refractivity contribution in [1.29, 1.82) is 0 Å². The summed E-state index contributed by atoms with van der Waals surface area (Å²) >= 11 is 0. The van der Waals surface area contributed by atoms with E-state index in [-0.39, 0.29) is 19.2 Å². The summed E-state index contributed by atoms with van der Waals surface area (Å²) in [6.45, 7) is 4.52. The van der Waals surface area contributed by atoms with E-state index in [0.717, 1.165) is 51.4 Å². The molecule has 1 fully saturated rings. The van der Waals surface area contributed by atoms with E-state index in [1.165, 1.54) is 122 Å². The van der Waals surface area contributed by atoms with Crippen molar-refractivity contribution >= 4 is 5.97 Å². The number of aliphatic hydroxyl groups is 4. The molecule has 0 radical (unpaired) electrons. The lowest BCUT2D eigenvalue weighted by molar-refractivity contribution is -0.305. The normalized spacial score (nSPS) is 20.9. The average molecular weight is 795 g/mol. The van der Waals surface area contributed by atoms with Gasteiger partial charge in [0.2, 0.25) is 0 Å². The Balaban J connectivity index is 2.27. The zero-order chi connectivity index (χ0) is 40.7. The van der Waals surface area contributed by atoms with Crippen LogP contribution in [0.4, 0.5) is 0 Å². The van der Waals surface area contributed by atoms with Gasteiger partial charge in [-0.25, -0.2) is 0 Å². The number of esters is 1. The third kappa shape index (κ3) is 29.6. The largest absolute Gasteiger partial charge is 0.457 e. The molecule has 9 heteroatoms. The van der Waals surface area contributed by atoms with Crippen molar-refractivity contribution in [3.05, 3.63) is 36.5 Å². The number of rotatable bonds is 39. The van der Waals surface area contributed by atoms with Crippen molar-refractivity contribution < 1.29 is 44.2 Å². The number of carbonyl (C=O) groups excluding carboxylic acids is 1. The van der Waals surface area contributed by atoms with Crippen LogP contribution in [0, 0.1) is 0 Å². The third-order valence-corrected chi connectivity index (χ3v) is 10.5. The number of allylic oxidation sites excluding steroid dienone is 6. The minimum Gasteiger partial charge on any atom is -0.457 e. The van der Waals surface area contributed by atoms with Crippen LogP contribution in [0.1, 0.15) is 194 Å². The predicted molar refractivity (Wildman–Crippen MR) is 228 cm³/mol. The van der Waals surface area contributed by atoms with Crippen LogP contribution in [-0.2, 0) is 23.7 Å². The minimum atomic E-state index is -1.54. The van der Waals surface area contributed by atoms with Crippen molar-refractivity contribution in [1.82, 2.24) is 0 Å². The first kappa shape index (κ1) is 52.4. The van der Waals surface area contributed by atoms with Gasteiger partial charge < -0.3 is 39.4 Å². The summed E-state index contributed by atoms with van der Waals surface area (Å²) < 4.78 is 22.8. The van der Waals surface area contributed by atoms with E-state index in [1.54, 1.807) is 0 Å². The second-order valence-corrected chi connectivity index (χ2v) is 15.8. The molecule has 0 spiro atoms. The van der Waals surface area contributed by atoms with Crippen LogP contribution in [0.15, 0.2) is 36.5 Å². The van der Waals surface area contributed by atoms with Gasteiger partial charge in [0.25, 0.3) is 0 Å². The molecular weight excluding hydrogens is 709 g/mol. The second-order valence-electron chi connectivity index (χ2n) is 15.8. The van der Waals surface area contributed by atoms with Crippen molar-refractivity contribution in [2.45, 2.75) is 230 Å². The average Bonchev–Trinajstić information content (AvgIpc) is 3.20. The second kappa shape index (κ2) is 38.9. The number of carbonyl (C=O) groups is 1. The van der Waals surface area contributed by atoms with Gasteiger partial charge in [-0.15, -0.1) is 0 Å². The molecule has 0 aromatic heterocycles. The van der Waals surface area contributed by atoms with E-state index in [1.807, 2.05) is 0 Å². The Morgan fingerprint density at radius 3 is 1.57 bits per heavy atom. The van der Waals surface area contributed by atoms with Gasteiger partial charge in [-0.2, -0.15) is 0 Å². The lowest BCUT2D eigenvalue weighted by Gasteiger charge is -2.39. The van der Waals surface area contributed by atoms with Gasteiger partial charge >= 0.3 is 5.97 Å². The fourth-order valence-corrected chi connectivity index (χ4v) is 6.87. The molecule has 1 aliphatic heterocycles. The van der Waals surface area contributed by atoms with E-state index >= 15 is 0 Å². The molecule has 0 aromatic carbocycles.